The molecule has 4 atom stereocenters. The molecule has 2 aliphatic carbocycles. The van der Waals surface area contributed by atoms with Gasteiger partial charge in [0.1, 0.15) is 6.10 Å². The van der Waals surface area contributed by atoms with Gasteiger partial charge in [0.25, 0.3) is 0 Å². The van der Waals surface area contributed by atoms with Gasteiger partial charge in [0, 0.05) is 24.1 Å². The Labute approximate surface area is 143 Å². The Kier molecular flexibility index (Phi) is 3.36. The molecule has 0 aromatic heterocycles. The van der Waals surface area contributed by atoms with Crippen molar-refractivity contribution in [1.82, 2.24) is 4.90 Å². The second-order valence-corrected chi connectivity index (χ2v) is 8.21. The molecule has 2 heterocycles. The Morgan fingerprint density at radius 1 is 1.29 bits per heavy atom. The van der Waals surface area contributed by atoms with Gasteiger partial charge in [0.2, 0.25) is 0 Å². The van der Waals surface area contributed by atoms with E-state index in [1.54, 1.807) is 7.11 Å². The molecule has 2 aliphatic heterocycles. The Hall–Kier alpha value is -1.26. The highest BCUT2D eigenvalue weighted by Crippen LogP contribution is 2.58. The van der Waals surface area contributed by atoms with Gasteiger partial charge in [-0.1, -0.05) is 12.1 Å². The lowest BCUT2D eigenvalue weighted by molar-refractivity contribution is -0.0793. The van der Waals surface area contributed by atoms with Crippen LogP contribution in [-0.4, -0.2) is 49.0 Å². The molecule has 1 aromatic rings. The smallest absolute Gasteiger partial charge is 0.165 e. The highest BCUT2D eigenvalue weighted by molar-refractivity contribution is 5.55. The summed E-state index contributed by atoms with van der Waals surface area (Å²) in [5, 5.41) is 10.7. The van der Waals surface area contributed by atoms with Crippen LogP contribution in [0.15, 0.2) is 18.2 Å². The Morgan fingerprint density at radius 3 is 2.96 bits per heavy atom. The molecule has 1 spiro atoms. The minimum Gasteiger partial charge on any atom is -0.493 e. The number of aliphatic hydroxyl groups excluding tert-OH is 1. The number of nitrogens with zero attached hydrogens (tertiary/aromatic N) is 1. The number of benzene rings is 1. The third-order valence-electron chi connectivity index (χ3n) is 6.88. The zero-order chi connectivity index (χ0) is 16.3. The van der Waals surface area contributed by atoms with Crippen molar-refractivity contribution in [2.75, 3.05) is 26.7 Å². The maximum Gasteiger partial charge on any atom is 0.165 e. The Bertz CT molecular complexity index is 644. The maximum atomic E-state index is 10.7. The van der Waals surface area contributed by atoms with Crippen molar-refractivity contribution in [1.29, 1.82) is 0 Å². The minimum atomic E-state index is -0.367. The van der Waals surface area contributed by atoms with Crippen molar-refractivity contribution in [3.8, 4) is 11.5 Å². The molecule has 4 aliphatic rings. The Balaban J connectivity index is 1.53. The number of piperidine rings is 1. The van der Waals surface area contributed by atoms with Crippen molar-refractivity contribution in [2.24, 2.45) is 11.8 Å². The molecule has 1 saturated heterocycles. The molecule has 1 N–H and O–H groups in total. The van der Waals surface area contributed by atoms with E-state index >= 15 is 0 Å². The average molecular weight is 329 g/mol. The van der Waals surface area contributed by atoms with Gasteiger partial charge < -0.3 is 19.5 Å². The standard InChI is InChI=1S/C20H27NO3/c1-23-17-4-2-3-15-18(17)24-19-16(22)8-7-14-12-21(11-13-5-6-13)10-9-20(14,15)19/h2-4,13-14,16,19,22H,5-12H2,1H3/t14-,16+,19-,20-/m0/s1. The first-order valence-electron chi connectivity index (χ1n) is 9.47. The van der Waals surface area contributed by atoms with Crippen LogP contribution in [0.1, 0.15) is 37.7 Å². The van der Waals surface area contributed by atoms with Crippen molar-refractivity contribution in [3.05, 3.63) is 23.8 Å². The SMILES string of the molecule is COc1cccc2c1O[C@H]1[C@H](O)CC[C@H]3CN(CC4CC4)CC[C@@]231. The van der Waals surface area contributed by atoms with Crippen molar-refractivity contribution in [2.45, 2.75) is 49.7 Å². The predicted octanol–water partition coefficient (Wildman–Crippen LogP) is 2.58. The molecule has 5 rings (SSSR count). The van der Waals surface area contributed by atoms with E-state index in [4.69, 9.17) is 9.47 Å². The third-order valence-corrected chi connectivity index (χ3v) is 6.88. The minimum absolute atomic E-state index is 0.0262. The lowest BCUT2D eigenvalue weighted by atomic mass is 9.57. The number of hydrogen-bond acceptors (Lipinski definition) is 4. The molecule has 0 radical (unpaired) electrons. The number of aliphatic hydroxyl groups is 1. The molecule has 130 valence electrons. The molecular formula is C20H27NO3. The summed E-state index contributed by atoms with van der Waals surface area (Å²) in [5.74, 6) is 3.21. The highest BCUT2D eigenvalue weighted by Gasteiger charge is 2.60. The number of hydrogen-bond donors (Lipinski definition) is 1. The van der Waals surface area contributed by atoms with Crippen LogP contribution < -0.4 is 9.47 Å². The largest absolute Gasteiger partial charge is 0.493 e. The third kappa shape index (κ3) is 2.05. The van der Waals surface area contributed by atoms with Crippen molar-refractivity contribution in [3.63, 3.8) is 0 Å². The fourth-order valence-corrected chi connectivity index (χ4v) is 5.52. The van der Waals surface area contributed by atoms with E-state index in [2.05, 4.69) is 17.0 Å². The maximum absolute atomic E-state index is 10.7. The van der Waals surface area contributed by atoms with E-state index in [1.807, 2.05) is 6.07 Å². The van der Waals surface area contributed by atoms with Gasteiger partial charge >= 0.3 is 0 Å². The lowest BCUT2D eigenvalue weighted by Crippen LogP contribution is -2.61. The molecule has 4 nitrogen and oxygen atoms in total. The molecule has 4 heteroatoms. The predicted molar refractivity (Wildman–Crippen MR) is 91.6 cm³/mol. The molecule has 2 saturated carbocycles. The van der Waals surface area contributed by atoms with E-state index in [-0.39, 0.29) is 17.6 Å². The molecule has 0 amide bonds. The second kappa shape index (κ2) is 5.37. The fourth-order valence-electron chi connectivity index (χ4n) is 5.52. The first-order valence-corrected chi connectivity index (χ1v) is 9.47. The molecule has 1 aromatic carbocycles. The summed E-state index contributed by atoms with van der Waals surface area (Å²) in [6.45, 7) is 3.54. The second-order valence-electron chi connectivity index (χ2n) is 8.21. The number of fused-ring (bicyclic) bond motifs is 1. The first kappa shape index (κ1) is 15.0. The number of rotatable bonds is 3. The summed E-state index contributed by atoms with van der Waals surface area (Å²) < 4.78 is 11.9. The molecule has 0 unspecified atom stereocenters. The molecule has 0 bridgehead atoms. The summed E-state index contributed by atoms with van der Waals surface area (Å²) in [4.78, 5) is 2.67. The van der Waals surface area contributed by atoms with E-state index in [9.17, 15) is 5.11 Å². The van der Waals surface area contributed by atoms with Crippen LogP contribution in [-0.2, 0) is 5.41 Å². The zero-order valence-corrected chi connectivity index (χ0v) is 14.4. The molecule has 24 heavy (non-hydrogen) atoms. The average Bonchev–Trinajstić information content (AvgIpc) is 3.35. The number of ether oxygens (including phenoxy) is 2. The van der Waals surface area contributed by atoms with Crippen LogP contribution in [0.5, 0.6) is 11.5 Å². The summed E-state index contributed by atoms with van der Waals surface area (Å²) in [5.41, 5.74) is 1.25. The van der Waals surface area contributed by atoms with Gasteiger partial charge in [-0.3, -0.25) is 0 Å². The van der Waals surface area contributed by atoms with Gasteiger partial charge in [0.15, 0.2) is 11.5 Å². The van der Waals surface area contributed by atoms with Crippen LogP contribution in [0.3, 0.4) is 0 Å². The normalized spacial score (nSPS) is 38.0. The quantitative estimate of drug-likeness (QED) is 0.925. The van der Waals surface area contributed by atoms with Crippen molar-refractivity contribution >= 4 is 0 Å². The van der Waals surface area contributed by atoms with Crippen LogP contribution >= 0.6 is 0 Å². The zero-order valence-electron chi connectivity index (χ0n) is 14.4. The van der Waals surface area contributed by atoms with Crippen LogP contribution in [0, 0.1) is 11.8 Å². The van der Waals surface area contributed by atoms with E-state index in [0.29, 0.717) is 5.92 Å². The molecular weight excluding hydrogens is 302 g/mol. The Morgan fingerprint density at radius 2 is 2.17 bits per heavy atom. The van der Waals surface area contributed by atoms with Crippen molar-refractivity contribution < 1.29 is 14.6 Å². The monoisotopic (exact) mass is 329 g/mol. The summed E-state index contributed by atoms with van der Waals surface area (Å²) in [6.07, 6.45) is 5.39. The van der Waals surface area contributed by atoms with E-state index in [1.165, 1.54) is 24.9 Å². The first-order chi connectivity index (χ1) is 11.7. The number of likely N-dealkylation sites (tertiary alicyclic amines) is 1. The number of methoxy groups -OCH3 is 1. The van der Waals surface area contributed by atoms with Crippen LogP contribution in [0.4, 0.5) is 0 Å². The summed E-state index contributed by atoms with van der Waals surface area (Å²) >= 11 is 0. The van der Waals surface area contributed by atoms with Gasteiger partial charge in [0.05, 0.1) is 13.2 Å². The van der Waals surface area contributed by atoms with Crippen LogP contribution in [0.25, 0.3) is 0 Å². The summed E-state index contributed by atoms with van der Waals surface area (Å²) in [6, 6.07) is 6.25. The van der Waals surface area contributed by atoms with Crippen LogP contribution in [0.2, 0.25) is 0 Å². The molecule has 3 fully saturated rings. The summed E-state index contributed by atoms with van der Waals surface area (Å²) in [7, 11) is 1.70. The van der Waals surface area contributed by atoms with Gasteiger partial charge in [-0.15, -0.1) is 0 Å². The topological polar surface area (TPSA) is 41.9 Å². The number of para-hydroxylation sites is 1. The van der Waals surface area contributed by atoms with Gasteiger partial charge in [-0.25, -0.2) is 0 Å². The fraction of sp³-hybridized carbons (Fsp3) is 0.700. The highest BCUT2D eigenvalue weighted by atomic mass is 16.5. The van der Waals surface area contributed by atoms with Gasteiger partial charge in [-0.2, -0.15) is 0 Å². The van der Waals surface area contributed by atoms with E-state index in [0.717, 1.165) is 49.8 Å². The lowest BCUT2D eigenvalue weighted by Gasteiger charge is -2.52. The van der Waals surface area contributed by atoms with E-state index < -0.39 is 0 Å². The van der Waals surface area contributed by atoms with Gasteiger partial charge in [-0.05, 0) is 56.6 Å².